The van der Waals surface area contributed by atoms with Crippen molar-refractivity contribution in [3.63, 3.8) is 0 Å². The molecule has 0 spiro atoms. The van der Waals surface area contributed by atoms with Gasteiger partial charge in [0, 0.05) is 24.0 Å². The van der Waals surface area contributed by atoms with Crippen molar-refractivity contribution in [1.29, 1.82) is 0 Å². The van der Waals surface area contributed by atoms with E-state index in [1.807, 2.05) is 24.3 Å². The Bertz CT molecular complexity index is 1080. The van der Waals surface area contributed by atoms with Gasteiger partial charge in [-0.25, -0.2) is 4.79 Å². The number of nitrogens with one attached hydrogen (secondary N) is 1. The Morgan fingerprint density at radius 3 is 2.42 bits per heavy atom. The minimum atomic E-state index is -0.940. The lowest BCUT2D eigenvalue weighted by atomic mass is 9.98. The van der Waals surface area contributed by atoms with Crippen LogP contribution in [-0.2, 0) is 14.3 Å². The Kier molecular flexibility index (Phi) is 7.20. The zero-order valence-electron chi connectivity index (χ0n) is 18.0. The number of carboxylic acids is 1. The molecule has 1 fully saturated rings. The van der Waals surface area contributed by atoms with Crippen molar-refractivity contribution >= 4 is 29.7 Å². The summed E-state index contributed by atoms with van der Waals surface area (Å²) >= 11 is 1.63. The van der Waals surface area contributed by atoms with Crippen LogP contribution in [0.15, 0.2) is 48.5 Å². The maximum atomic E-state index is 12.4. The zero-order valence-corrected chi connectivity index (χ0v) is 18.8. The summed E-state index contributed by atoms with van der Waals surface area (Å²) in [5.41, 5.74) is 4.58. The molecule has 1 aliphatic heterocycles. The van der Waals surface area contributed by atoms with Crippen molar-refractivity contribution in [2.75, 3.05) is 31.2 Å². The van der Waals surface area contributed by atoms with Crippen molar-refractivity contribution in [2.24, 2.45) is 0 Å². The SMILES string of the molecule is O=C(O)CC1CSCCN1C(=O)C#CCNC(=O)OCC1c2ccccc2-c2ccccc21. The first kappa shape index (κ1) is 22.7. The minimum Gasteiger partial charge on any atom is -0.481 e. The first-order valence-corrected chi connectivity index (χ1v) is 11.9. The van der Waals surface area contributed by atoms with E-state index in [4.69, 9.17) is 9.84 Å². The van der Waals surface area contributed by atoms with Gasteiger partial charge in [0.2, 0.25) is 0 Å². The molecule has 33 heavy (non-hydrogen) atoms. The molecule has 1 aliphatic carbocycles. The number of carboxylic acid groups (broad SMARTS) is 1. The lowest BCUT2D eigenvalue weighted by Crippen LogP contribution is -2.46. The van der Waals surface area contributed by atoms with Crippen LogP contribution in [0.4, 0.5) is 4.79 Å². The summed E-state index contributed by atoms with van der Waals surface area (Å²) in [5, 5.41) is 11.6. The van der Waals surface area contributed by atoms with E-state index in [1.54, 1.807) is 11.8 Å². The Balaban J connectivity index is 1.28. The third-order valence-electron chi connectivity index (χ3n) is 5.76. The number of fused-ring (bicyclic) bond motifs is 3. The average Bonchev–Trinajstić information content (AvgIpc) is 3.14. The second-order valence-corrected chi connectivity index (χ2v) is 8.96. The van der Waals surface area contributed by atoms with Crippen LogP contribution in [-0.4, -0.2) is 65.2 Å². The second-order valence-electron chi connectivity index (χ2n) is 7.81. The van der Waals surface area contributed by atoms with Crippen LogP contribution < -0.4 is 5.32 Å². The molecule has 1 unspecified atom stereocenters. The first-order chi connectivity index (χ1) is 16.0. The summed E-state index contributed by atoms with van der Waals surface area (Å²) in [6.45, 7) is 0.638. The molecule has 1 atom stereocenters. The molecule has 0 bridgehead atoms. The summed E-state index contributed by atoms with van der Waals surface area (Å²) in [5.74, 6) is 5.08. The van der Waals surface area contributed by atoms with Gasteiger partial charge in [-0.15, -0.1) is 0 Å². The van der Waals surface area contributed by atoms with Gasteiger partial charge in [-0.2, -0.15) is 11.8 Å². The van der Waals surface area contributed by atoms with Crippen molar-refractivity contribution < 1.29 is 24.2 Å². The highest BCUT2D eigenvalue weighted by Gasteiger charge is 2.29. The highest BCUT2D eigenvalue weighted by Crippen LogP contribution is 2.44. The monoisotopic (exact) mass is 464 g/mol. The van der Waals surface area contributed by atoms with E-state index in [1.165, 1.54) is 4.90 Å². The van der Waals surface area contributed by atoms with E-state index >= 15 is 0 Å². The lowest BCUT2D eigenvalue weighted by Gasteiger charge is -2.33. The van der Waals surface area contributed by atoms with Gasteiger partial charge in [0.1, 0.15) is 6.61 Å². The number of thioether (sulfide) groups is 1. The molecule has 2 aromatic rings. The van der Waals surface area contributed by atoms with E-state index in [-0.39, 0.29) is 31.5 Å². The summed E-state index contributed by atoms with van der Waals surface area (Å²) in [7, 11) is 0. The number of carbonyl (C=O) groups is 3. The number of carbonyl (C=O) groups excluding carboxylic acids is 2. The number of hydrogen-bond acceptors (Lipinski definition) is 5. The molecule has 0 radical (unpaired) electrons. The standard InChI is InChI=1S/C25H24N2O5S/c28-23(27-12-13-33-16-17(27)14-24(29)30)10-5-11-26-25(31)32-15-22-20-8-3-1-6-18(20)19-7-2-4-9-21(19)22/h1-4,6-9,17,22H,11-16H2,(H,26,31)(H,29,30). The number of alkyl carbamates (subject to hydrolysis) is 1. The fraction of sp³-hybridized carbons (Fsp3) is 0.320. The summed E-state index contributed by atoms with van der Waals surface area (Å²) < 4.78 is 5.44. The van der Waals surface area contributed by atoms with Crippen molar-refractivity contribution in [2.45, 2.75) is 18.4 Å². The summed E-state index contributed by atoms with van der Waals surface area (Å²) in [6, 6.07) is 15.8. The number of rotatable bonds is 5. The Morgan fingerprint density at radius 1 is 1.09 bits per heavy atom. The predicted molar refractivity (Wildman–Crippen MR) is 126 cm³/mol. The van der Waals surface area contributed by atoms with E-state index in [0.29, 0.717) is 12.3 Å². The third-order valence-corrected chi connectivity index (χ3v) is 6.85. The largest absolute Gasteiger partial charge is 0.481 e. The number of benzene rings is 2. The fourth-order valence-electron chi connectivity index (χ4n) is 4.25. The van der Waals surface area contributed by atoms with E-state index < -0.39 is 18.0 Å². The molecule has 1 heterocycles. The highest BCUT2D eigenvalue weighted by molar-refractivity contribution is 7.99. The zero-order chi connectivity index (χ0) is 23.2. The normalized spacial score (nSPS) is 16.7. The molecule has 4 rings (SSSR count). The third kappa shape index (κ3) is 5.32. The van der Waals surface area contributed by atoms with Gasteiger partial charge in [-0.05, 0) is 28.2 Å². The maximum Gasteiger partial charge on any atom is 0.407 e. The predicted octanol–water partition coefficient (Wildman–Crippen LogP) is 2.95. The lowest BCUT2D eigenvalue weighted by molar-refractivity contribution is -0.139. The molecule has 2 aliphatic rings. The molecule has 0 saturated carbocycles. The van der Waals surface area contributed by atoms with Crippen LogP contribution in [0.3, 0.4) is 0 Å². The van der Waals surface area contributed by atoms with E-state index in [0.717, 1.165) is 28.0 Å². The molecule has 170 valence electrons. The van der Waals surface area contributed by atoms with Gasteiger partial charge < -0.3 is 20.1 Å². The molecule has 2 N–H and O–H groups in total. The van der Waals surface area contributed by atoms with Gasteiger partial charge in [-0.1, -0.05) is 54.5 Å². The van der Waals surface area contributed by atoms with Gasteiger partial charge in [-0.3, -0.25) is 9.59 Å². The van der Waals surface area contributed by atoms with Crippen LogP contribution in [0.2, 0.25) is 0 Å². The quantitative estimate of drug-likeness (QED) is 0.661. The molecular formula is C25H24N2O5S. The summed E-state index contributed by atoms with van der Waals surface area (Å²) in [4.78, 5) is 37.1. The summed E-state index contributed by atoms with van der Waals surface area (Å²) in [6.07, 6.45) is -0.699. The first-order valence-electron chi connectivity index (χ1n) is 10.7. The van der Waals surface area contributed by atoms with E-state index in [9.17, 15) is 14.4 Å². The molecule has 0 aromatic heterocycles. The van der Waals surface area contributed by atoms with E-state index in [2.05, 4.69) is 41.4 Å². The van der Waals surface area contributed by atoms with Crippen molar-refractivity contribution in [1.82, 2.24) is 10.2 Å². The topological polar surface area (TPSA) is 95.9 Å². The second kappa shape index (κ2) is 10.5. The Morgan fingerprint density at radius 2 is 1.76 bits per heavy atom. The van der Waals surface area contributed by atoms with Crippen LogP contribution in [0.25, 0.3) is 11.1 Å². The number of aliphatic carboxylic acids is 1. The smallest absolute Gasteiger partial charge is 0.407 e. The molecule has 2 amide bonds. The number of amides is 2. The van der Waals surface area contributed by atoms with Crippen LogP contribution in [0, 0.1) is 11.8 Å². The number of nitrogens with zero attached hydrogens (tertiary/aromatic N) is 1. The average molecular weight is 465 g/mol. The highest BCUT2D eigenvalue weighted by atomic mass is 32.2. The van der Waals surface area contributed by atoms with Crippen LogP contribution in [0.1, 0.15) is 23.5 Å². The van der Waals surface area contributed by atoms with Crippen molar-refractivity contribution in [3.8, 4) is 23.0 Å². The van der Waals surface area contributed by atoms with Crippen LogP contribution >= 0.6 is 11.8 Å². The molecule has 7 nitrogen and oxygen atoms in total. The maximum absolute atomic E-state index is 12.4. The minimum absolute atomic E-state index is 0.0287. The Hall–Kier alpha value is -3.44. The molecule has 8 heteroatoms. The van der Waals surface area contributed by atoms with Gasteiger partial charge >= 0.3 is 12.1 Å². The van der Waals surface area contributed by atoms with Gasteiger partial charge in [0.25, 0.3) is 5.91 Å². The van der Waals surface area contributed by atoms with Crippen LogP contribution in [0.5, 0.6) is 0 Å². The molecule has 2 aromatic carbocycles. The molecule has 1 saturated heterocycles. The van der Waals surface area contributed by atoms with Gasteiger partial charge in [0.05, 0.1) is 19.0 Å². The number of hydrogen-bond donors (Lipinski definition) is 2. The Labute approximate surface area is 196 Å². The van der Waals surface area contributed by atoms with Crippen molar-refractivity contribution in [3.05, 3.63) is 59.7 Å². The fourth-order valence-corrected chi connectivity index (χ4v) is 5.31. The van der Waals surface area contributed by atoms with Gasteiger partial charge in [0.15, 0.2) is 0 Å². The number of ether oxygens (including phenoxy) is 1. The molecular weight excluding hydrogens is 440 g/mol.